The molecule has 0 aliphatic heterocycles. The van der Waals surface area contributed by atoms with Crippen molar-refractivity contribution in [1.29, 1.82) is 0 Å². The summed E-state index contributed by atoms with van der Waals surface area (Å²) in [6.07, 6.45) is 2.30. The van der Waals surface area contributed by atoms with Gasteiger partial charge >= 0.3 is 0 Å². The van der Waals surface area contributed by atoms with Crippen LogP contribution in [-0.4, -0.2) is 11.6 Å². The number of halogens is 2. The number of hydrogen-bond donors (Lipinski definition) is 0. The zero-order valence-electron chi connectivity index (χ0n) is 11.9. The van der Waals surface area contributed by atoms with E-state index in [2.05, 4.69) is 0 Å². The molecule has 4 heteroatoms. The number of aromatic nitrogens is 1. The summed E-state index contributed by atoms with van der Waals surface area (Å²) < 4.78 is 18.8. The predicted molar refractivity (Wildman–Crippen MR) is 82.3 cm³/mol. The average molecular weight is 306 g/mol. The molecule has 2 nitrogen and oxygen atoms in total. The lowest BCUT2D eigenvalue weighted by Gasteiger charge is -2.14. The Kier molecular flexibility index (Phi) is 4.11. The number of rotatable bonds is 5. The zero-order chi connectivity index (χ0) is 14.8. The second-order valence-corrected chi connectivity index (χ2v) is 5.48. The first-order valence-corrected chi connectivity index (χ1v) is 7.75. The van der Waals surface area contributed by atoms with Crippen LogP contribution in [0.15, 0.2) is 30.3 Å². The Hall–Kier alpha value is -1.61. The molecule has 2 aromatic rings. The van der Waals surface area contributed by atoms with Crippen molar-refractivity contribution in [3.8, 4) is 16.9 Å². The molecule has 1 aromatic carbocycles. The monoisotopic (exact) mass is 305 g/mol. The van der Waals surface area contributed by atoms with Gasteiger partial charge in [0.05, 0.1) is 23.9 Å². The molecule has 1 aromatic heterocycles. The van der Waals surface area contributed by atoms with Gasteiger partial charge in [0.2, 0.25) is 0 Å². The standard InChI is InChI=1S/C17H17ClFNO/c1-2-21-16-9-14(11-5-7-13(19)8-6-11)17(12-3-4-12)20-15(16)10-18/h5-9,12H,2-4,10H2,1H3. The van der Waals surface area contributed by atoms with E-state index >= 15 is 0 Å². The summed E-state index contributed by atoms with van der Waals surface area (Å²) in [5.41, 5.74) is 3.83. The molecule has 110 valence electrons. The van der Waals surface area contributed by atoms with Crippen molar-refractivity contribution in [2.75, 3.05) is 6.61 Å². The Bertz CT molecular complexity index is 638. The second-order valence-electron chi connectivity index (χ2n) is 5.21. The third kappa shape index (κ3) is 3.03. The fraction of sp³-hybridized carbons (Fsp3) is 0.353. The third-order valence-corrected chi connectivity index (χ3v) is 3.89. The zero-order valence-corrected chi connectivity index (χ0v) is 12.7. The lowest BCUT2D eigenvalue weighted by Crippen LogP contribution is -2.02. The van der Waals surface area contributed by atoms with Gasteiger partial charge in [0, 0.05) is 11.5 Å². The smallest absolute Gasteiger partial charge is 0.142 e. The first kappa shape index (κ1) is 14.3. The van der Waals surface area contributed by atoms with E-state index in [-0.39, 0.29) is 5.82 Å². The predicted octanol–water partition coefficient (Wildman–Crippen LogP) is 4.90. The van der Waals surface area contributed by atoms with Gasteiger partial charge in [-0.15, -0.1) is 11.6 Å². The van der Waals surface area contributed by atoms with E-state index in [1.54, 1.807) is 12.1 Å². The van der Waals surface area contributed by atoms with Crippen molar-refractivity contribution in [3.63, 3.8) is 0 Å². The number of hydrogen-bond acceptors (Lipinski definition) is 2. The van der Waals surface area contributed by atoms with Crippen molar-refractivity contribution in [2.24, 2.45) is 0 Å². The van der Waals surface area contributed by atoms with Gasteiger partial charge in [-0.05, 0) is 43.5 Å². The molecule has 0 spiro atoms. The van der Waals surface area contributed by atoms with Crippen LogP contribution < -0.4 is 4.74 Å². The van der Waals surface area contributed by atoms with Crippen LogP contribution in [-0.2, 0) is 5.88 Å². The fourth-order valence-corrected chi connectivity index (χ4v) is 2.65. The van der Waals surface area contributed by atoms with Crippen molar-refractivity contribution in [1.82, 2.24) is 4.98 Å². The van der Waals surface area contributed by atoms with Gasteiger partial charge < -0.3 is 4.74 Å². The normalized spacial score (nSPS) is 14.2. The summed E-state index contributed by atoms with van der Waals surface area (Å²) in [6.45, 7) is 2.50. The molecule has 0 N–H and O–H groups in total. The summed E-state index contributed by atoms with van der Waals surface area (Å²) in [7, 11) is 0. The van der Waals surface area contributed by atoms with E-state index in [9.17, 15) is 4.39 Å². The van der Waals surface area contributed by atoms with Crippen molar-refractivity contribution in [2.45, 2.75) is 31.6 Å². The van der Waals surface area contributed by atoms with Crippen LogP contribution in [0.1, 0.15) is 37.1 Å². The fourth-order valence-electron chi connectivity index (χ4n) is 2.45. The molecule has 1 saturated carbocycles. The van der Waals surface area contributed by atoms with E-state index in [0.717, 1.165) is 41.1 Å². The quantitative estimate of drug-likeness (QED) is 0.733. The van der Waals surface area contributed by atoms with Gasteiger partial charge in [-0.2, -0.15) is 0 Å². The minimum atomic E-state index is -0.234. The van der Waals surface area contributed by atoms with Gasteiger partial charge in [0.25, 0.3) is 0 Å². The summed E-state index contributed by atoms with van der Waals surface area (Å²) in [6, 6.07) is 8.52. The number of ether oxygens (including phenoxy) is 1. The molecule has 1 fully saturated rings. The average Bonchev–Trinajstić information content (AvgIpc) is 3.33. The SMILES string of the molecule is CCOc1cc(-c2ccc(F)cc2)c(C2CC2)nc1CCl. The number of benzene rings is 1. The van der Waals surface area contributed by atoms with E-state index < -0.39 is 0 Å². The highest BCUT2D eigenvalue weighted by molar-refractivity contribution is 6.17. The van der Waals surface area contributed by atoms with Gasteiger partial charge in [0.15, 0.2) is 0 Å². The molecular formula is C17H17ClFNO. The molecule has 0 radical (unpaired) electrons. The van der Waals surface area contributed by atoms with Gasteiger partial charge in [-0.1, -0.05) is 12.1 Å². The van der Waals surface area contributed by atoms with Crippen LogP contribution in [0.2, 0.25) is 0 Å². The molecule has 1 aliphatic rings. The van der Waals surface area contributed by atoms with Crippen LogP contribution in [0, 0.1) is 5.82 Å². The van der Waals surface area contributed by atoms with Gasteiger partial charge in [0.1, 0.15) is 11.6 Å². The van der Waals surface area contributed by atoms with E-state index in [4.69, 9.17) is 21.3 Å². The Balaban J connectivity index is 2.11. The van der Waals surface area contributed by atoms with Crippen molar-refractivity contribution >= 4 is 11.6 Å². The number of pyridine rings is 1. The topological polar surface area (TPSA) is 22.1 Å². The highest BCUT2D eigenvalue weighted by Crippen LogP contribution is 2.45. The largest absolute Gasteiger partial charge is 0.492 e. The highest BCUT2D eigenvalue weighted by Gasteiger charge is 2.29. The minimum absolute atomic E-state index is 0.234. The molecule has 1 aliphatic carbocycles. The molecule has 0 unspecified atom stereocenters. The highest BCUT2D eigenvalue weighted by atomic mass is 35.5. The Morgan fingerprint density at radius 1 is 1.29 bits per heavy atom. The molecule has 1 heterocycles. The molecule has 3 rings (SSSR count). The molecule has 21 heavy (non-hydrogen) atoms. The summed E-state index contributed by atoms with van der Waals surface area (Å²) in [5.74, 6) is 1.31. The lowest BCUT2D eigenvalue weighted by atomic mass is 10.0. The van der Waals surface area contributed by atoms with Gasteiger partial charge in [-0.25, -0.2) is 4.39 Å². The first-order chi connectivity index (χ1) is 10.2. The van der Waals surface area contributed by atoms with Crippen LogP contribution in [0.4, 0.5) is 4.39 Å². The van der Waals surface area contributed by atoms with E-state index in [0.29, 0.717) is 18.4 Å². The minimum Gasteiger partial charge on any atom is -0.492 e. The Morgan fingerprint density at radius 3 is 2.57 bits per heavy atom. The molecule has 0 atom stereocenters. The molecule has 0 saturated heterocycles. The van der Waals surface area contributed by atoms with Crippen molar-refractivity contribution in [3.05, 3.63) is 47.5 Å². The first-order valence-electron chi connectivity index (χ1n) is 7.21. The van der Waals surface area contributed by atoms with Crippen LogP contribution in [0.25, 0.3) is 11.1 Å². The van der Waals surface area contributed by atoms with Gasteiger partial charge in [-0.3, -0.25) is 4.98 Å². The molecular weight excluding hydrogens is 289 g/mol. The van der Waals surface area contributed by atoms with E-state index in [1.807, 2.05) is 13.0 Å². The molecule has 0 amide bonds. The van der Waals surface area contributed by atoms with Crippen LogP contribution >= 0.6 is 11.6 Å². The van der Waals surface area contributed by atoms with E-state index in [1.165, 1.54) is 12.1 Å². The van der Waals surface area contributed by atoms with Crippen LogP contribution in [0.3, 0.4) is 0 Å². The molecule has 0 bridgehead atoms. The number of nitrogens with zero attached hydrogens (tertiary/aromatic N) is 1. The summed E-state index contributed by atoms with van der Waals surface area (Å²) in [4.78, 5) is 4.72. The van der Waals surface area contributed by atoms with Crippen molar-refractivity contribution < 1.29 is 9.13 Å². The summed E-state index contributed by atoms with van der Waals surface area (Å²) >= 11 is 5.99. The number of alkyl halides is 1. The second kappa shape index (κ2) is 6.02. The third-order valence-electron chi connectivity index (χ3n) is 3.64. The maximum atomic E-state index is 13.1. The Labute approximate surface area is 128 Å². The van der Waals surface area contributed by atoms with Crippen LogP contribution in [0.5, 0.6) is 5.75 Å². The lowest BCUT2D eigenvalue weighted by molar-refractivity contribution is 0.335. The maximum absolute atomic E-state index is 13.1. The Morgan fingerprint density at radius 2 is 2.00 bits per heavy atom. The summed E-state index contributed by atoms with van der Waals surface area (Å²) in [5, 5.41) is 0. The maximum Gasteiger partial charge on any atom is 0.142 e.